The van der Waals surface area contributed by atoms with Gasteiger partial charge in [0.1, 0.15) is 17.1 Å². The normalized spacial score (nSPS) is 15.7. The molecule has 0 spiro atoms. The number of carbonyl (C=O) groups excluding carboxylic acids is 1. The number of carbonyl (C=O) groups is 2. The van der Waals surface area contributed by atoms with Crippen LogP contribution >= 0.6 is 15.2 Å². The summed E-state index contributed by atoms with van der Waals surface area (Å²) < 4.78 is 75.5. The zero-order chi connectivity index (χ0) is 40.4. The fourth-order valence-corrected chi connectivity index (χ4v) is 12.4. The average molecular weight is 808 g/mol. The molecular weight excluding hydrogens is 755 g/mol. The number of nitrogens with zero attached hydrogens (tertiary/aromatic N) is 3. The van der Waals surface area contributed by atoms with E-state index in [-0.39, 0.29) is 55.5 Å². The molecule has 14 nitrogen and oxygen atoms in total. The van der Waals surface area contributed by atoms with Crippen LogP contribution < -0.4 is 15.1 Å². The van der Waals surface area contributed by atoms with E-state index in [9.17, 15) is 28.6 Å². The first-order valence-corrected chi connectivity index (χ1v) is 21.9. The van der Waals surface area contributed by atoms with Gasteiger partial charge in [0.25, 0.3) is 0 Å². The number of benzene rings is 2. The molecule has 1 saturated heterocycles. The Labute approximate surface area is 320 Å². The molecule has 1 N–H and O–H groups in total. The van der Waals surface area contributed by atoms with E-state index in [1.54, 1.807) is 95.2 Å². The van der Waals surface area contributed by atoms with Crippen LogP contribution in [0, 0.1) is 5.82 Å². The number of amides is 1. The van der Waals surface area contributed by atoms with Gasteiger partial charge in [0.2, 0.25) is 5.43 Å². The number of halogens is 1. The van der Waals surface area contributed by atoms with Crippen LogP contribution in [0.1, 0.15) is 90.2 Å². The van der Waals surface area contributed by atoms with Crippen molar-refractivity contribution in [2.75, 3.05) is 31.1 Å². The lowest BCUT2D eigenvalue weighted by molar-refractivity contribution is 0.0694. The summed E-state index contributed by atoms with van der Waals surface area (Å²) in [6.07, 6.45) is 0.275. The number of aromatic carboxylic acids is 1. The standard InChI is InChI=1S/C38H52FN3O11P2/c1-23(2)50-54(47,51-24(3)4)35(55(48,52-25(5)6)53-26(7)8)19-27-9-13-29(14-10-27)49-38(46)41-17-15-40(16-18-41)34-21-33-30(20-32(34)39)36(43)31(37(44)45)22-42(33)28-11-12-28/h9-10,13-14,20-26,28,35H,11-12,15-19H2,1-8H3,(H,44,45). The highest BCUT2D eigenvalue weighted by atomic mass is 31.2. The van der Waals surface area contributed by atoms with Crippen LogP contribution in [0.5, 0.6) is 5.75 Å². The van der Waals surface area contributed by atoms with E-state index in [0.717, 1.165) is 18.9 Å². The number of rotatable bonds is 16. The van der Waals surface area contributed by atoms with Crippen molar-refractivity contribution in [2.24, 2.45) is 0 Å². The fraction of sp³-hybridized carbons (Fsp3) is 0.553. The van der Waals surface area contributed by atoms with Gasteiger partial charge in [-0.2, -0.15) is 0 Å². The summed E-state index contributed by atoms with van der Waals surface area (Å²) in [4.78, 5) is 41.1. The molecule has 2 fully saturated rings. The van der Waals surface area contributed by atoms with Crippen molar-refractivity contribution >= 4 is 43.8 Å². The predicted molar refractivity (Wildman–Crippen MR) is 207 cm³/mol. The second kappa shape index (κ2) is 17.3. The van der Waals surface area contributed by atoms with Crippen molar-refractivity contribution < 1.29 is 51.0 Å². The lowest BCUT2D eigenvalue weighted by Crippen LogP contribution is -2.49. The molecule has 0 unspecified atom stereocenters. The Morgan fingerprint density at radius 3 is 1.78 bits per heavy atom. The number of hydrogen-bond acceptors (Lipinski definition) is 11. The summed E-state index contributed by atoms with van der Waals surface area (Å²) in [5.41, 5.74) is 0.202. The summed E-state index contributed by atoms with van der Waals surface area (Å²) in [6, 6.07) is 9.22. The molecule has 0 bridgehead atoms. The van der Waals surface area contributed by atoms with E-state index in [0.29, 0.717) is 11.1 Å². The van der Waals surface area contributed by atoms with Crippen LogP contribution in [0.4, 0.5) is 14.9 Å². The first-order valence-electron chi connectivity index (χ1n) is 18.7. The zero-order valence-corrected chi connectivity index (χ0v) is 34.4. The molecule has 1 saturated carbocycles. The number of piperazine rings is 1. The number of fused-ring (bicyclic) bond motifs is 1. The molecule has 2 heterocycles. The monoisotopic (exact) mass is 807 g/mol. The summed E-state index contributed by atoms with van der Waals surface area (Å²) >= 11 is 0. The topological polar surface area (TPSA) is 163 Å². The van der Waals surface area contributed by atoms with Crippen LogP contribution in [0.2, 0.25) is 0 Å². The van der Waals surface area contributed by atoms with Crippen molar-refractivity contribution in [2.45, 2.75) is 111 Å². The average Bonchev–Trinajstić information content (AvgIpc) is 3.92. The Morgan fingerprint density at radius 2 is 1.33 bits per heavy atom. The highest BCUT2D eigenvalue weighted by Gasteiger charge is 2.53. The van der Waals surface area contributed by atoms with E-state index in [1.807, 2.05) is 0 Å². The molecule has 2 aromatic carbocycles. The van der Waals surface area contributed by atoms with E-state index in [1.165, 1.54) is 11.1 Å². The summed E-state index contributed by atoms with van der Waals surface area (Å²) in [5.74, 6) is -1.77. The SMILES string of the molecule is CC(C)OP(=O)(OC(C)C)C(Cc1ccc(OC(=O)N2CCN(c3cc4c(cc3F)c(=O)c(C(=O)O)cn4C3CC3)CC2)cc1)P(=O)(OC(C)C)OC(C)C. The number of anilines is 1. The molecular formula is C38H52FN3O11P2. The Kier molecular flexibility index (Phi) is 13.4. The highest BCUT2D eigenvalue weighted by molar-refractivity contribution is 7.72. The second-order valence-electron chi connectivity index (χ2n) is 15.0. The van der Waals surface area contributed by atoms with Gasteiger partial charge in [-0.1, -0.05) is 12.1 Å². The van der Waals surface area contributed by atoms with Gasteiger partial charge in [-0.15, -0.1) is 0 Å². The maximum atomic E-state index is 15.5. The predicted octanol–water partition coefficient (Wildman–Crippen LogP) is 8.45. The molecule has 17 heteroatoms. The molecule has 5 rings (SSSR count). The van der Waals surface area contributed by atoms with Gasteiger partial charge in [-0.05, 0) is 104 Å². The molecule has 1 amide bonds. The minimum atomic E-state index is -4.12. The maximum absolute atomic E-state index is 15.5. The minimum Gasteiger partial charge on any atom is -0.477 e. The van der Waals surface area contributed by atoms with Gasteiger partial charge in [-0.25, -0.2) is 14.0 Å². The first kappa shape index (κ1) is 42.6. The molecule has 1 aromatic heterocycles. The molecule has 1 aliphatic carbocycles. The van der Waals surface area contributed by atoms with Crippen molar-refractivity contribution in [1.82, 2.24) is 9.47 Å². The number of carboxylic acid groups (broad SMARTS) is 1. The van der Waals surface area contributed by atoms with Gasteiger partial charge in [0, 0.05) is 43.8 Å². The van der Waals surface area contributed by atoms with Crippen molar-refractivity contribution in [3.63, 3.8) is 0 Å². The Balaban J connectivity index is 1.29. The first-order chi connectivity index (χ1) is 25.8. The van der Waals surface area contributed by atoms with Crippen molar-refractivity contribution in [3.05, 3.63) is 69.8 Å². The molecule has 1 aliphatic heterocycles. The summed E-state index contributed by atoms with van der Waals surface area (Å²) in [5, 5.41) is 8.26. The molecule has 0 radical (unpaired) electrons. The van der Waals surface area contributed by atoms with E-state index in [2.05, 4.69) is 0 Å². The lowest BCUT2D eigenvalue weighted by Gasteiger charge is -2.35. The van der Waals surface area contributed by atoms with Gasteiger partial charge in [-0.3, -0.25) is 13.9 Å². The quantitative estimate of drug-likeness (QED) is 0.138. The maximum Gasteiger partial charge on any atom is 0.415 e. The smallest absolute Gasteiger partial charge is 0.415 e. The van der Waals surface area contributed by atoms with Crippen LogP contribution in [0.15, 0.2) is 47.4 Å². The van der Waals surface area contributed by atoms with Gasteiger partial charge >= 0.3 is 27.3 Å². The van der Waals surface area contributed by atoms with Gasteiger partial charge in [0.15, 0.2) is 5.40 Å². The molecule has 55 heavy (non-hydrogen) atoms. The molecule has 0 atom stereocenters. The van der Waals surface area contributed by atoms with Crippen LogP contribution in [0.3, 0.4) is 0 Å². The number of carboxylic acids is 1. The minimum absolute atomic E-state index is 0.0143. The third-order valence-electron chi connectivity index (χ3n) is 8.86. The highest BCUT2D eigenvalue weighted by Crippen LogP contribution is 2.72. The number of hydrogen-bond donors (Lipinski definition) is 1. The molecule has 3 aromatic rings. The Hall–Kier alpha value is -3.58. The zero-order valence-electron chi connectivity index (χ0n) is 32.6. The van der Waals surface area contributed by atoms with E-state index < -0.39 is 73.9 Å². The van der Waals surface area contributed by atoms with Crippen LogP contribution in [-0.2, 0) is 33.6 Å². The van der Waals surface area contributed by atoms with Crippen LogP contribution in [-0.4, -0.2) is 82.6 Å². The number of ether oxygens (including phenoxy) is 1. The third kappa shape index (κ3) is 10.2. The van der Waals surface area contributed by atoms with E-state index >= 15 is 4.39 Å². The molecule has 302 valence electrons. The summed E-state index contributed by atoms with van der Waals surface area (Å²) in [6.45, 7) is 14.7. The van der Waals surface area contributed by atoms with Crippen molar-refractivity contribution in [1.29, 1.82) is 0 Å². The number of pyridine rings is 1. The Morgan fingerprint density at radius 1 is 0.818 bits per heavy atom. The largest absolute Gasteiger partial charge is 0.477 e. The molecule has 2 aliphatic rings. The number of aromatic nitrogens is 1. The van der Waals surface area contributed by atoms with Crippen molar-refractivity contribution in [3.8, 4) is 5.75 Å². The van der Waals surface area contributed by atoms with Crippen LogP contribution in [0.25, 0.3) is 10.9 Å². The fourth-order valence-electron chi connectivity index (χ4n) is 6.51. The third-order valence-corrected chi connectivity index (χ3v) is 15.2. The van der Waals surface area contributed by atoms with E-state index in [4.69, 9.17) is 22.8 Å². The summed E-state index contributed by atoms with van der Waals surface area (Å²) in [7, 11) is -8.24. The Bertz CT molecular complexity index is 1960. The lowest BCUT2D eigenvalue weighted by atomic mass is 10.1. The van der Waals surface area contributed by atoms with Gasteiger partial charge < -0.3 is 42.3 Å². The van der Waals surface area contributed by atoms with Gasteiger partial charge in [0.05, 0.1) is 35.6 Å². The second-order valence-corrected chi connectivity index (χ2v) is 19.7.